The van der Waals surface area contributed by atoms with Crippen molar-refractivity contribution in [1.82, 2.24) is 4.31 Å². The second kappa shape index (κ2) is 4.26. The fourth-order valence-electron chi connectivity index (χ4n) is 0.530. The molecular weight excluding hydrogens is 223 g/mol. The third kappa shape index (κ3) is 2.58. The Labute approximate surface area is 78.0 Å². The summed E-state index contributed by atoms with van der Waals surface area (Å²) in [5.74, 6) is 0. The predicted octanol–water partition coefficient (Wildman–Crippen LogP) is 0.185. The lowest BCUT2D eigenvalue weighted by Crippen LogP contribution is -2.41. The van der Waals surface area contributed by atoms with Crippen LogP contribution >= 0.6 is 0 Å². The number of rotatable bonds is 3. The van der Waals surface area contributed by atoms with E-state index < -0.39 is 28.6 Å². The van der Waals surface area contributed by atoms with Crippen molar-refractivity contribution in [2.75, 3.05) is 13.1 Å². The number of alkyl halides is 3. The summed E-state index contributed by atoms with van der Waals surface area (Å²) >= 11 is 0. The Morgan fingerprint density at radius 3 is 1.71 bits per heavy atom. The first-order chi connectivity index (χ1) is 6.27. The van der Waals surface area contributed by atoms with E-state index >= 15 is 0 Å². The van der Waals surface area contributed by atoms with Gasteiger partial charge in [-0.1, -0.05) is 0 Å². The van der Waals surface area contributed by atoms with Gasteiger partial charge in [-0.25, -0.2) is 8.42 Å². The van der Waals surface area contributed by atoms with E-state index in [1.165, 1.54) is 12.1 Å². The minimum atomic E-state index is -5.57. The Kier molecular flexibility index (Phi) is 3.86. The summed E-state index contributed by atoms with van der Waals surface area (Å²) in [7, 11) is -5.57. The molecule has 0 spiro atoms. The molecule has 0 aromatic carbocycles. The number of hydrogen-bond acceptors (Lipinski definition) is 4. The minimum absolute atomic E-state index is 0.243. The van der Waals surface area contributed by atoms with Crippen molar-refractivity contribution >= 4 is 10.0 Å². The molecule has 0 atom stereocenters. The average molecular weight is 227 g/mol. The molecule has 0 saturated heterocycles. The third-order valence-electron chi connectivity index (χ3n) is 1.13. The number of halogens is 3. The van der Waals surface area contributed by atoms with E-state index in [4.69, 9.17) is 10.5 Å². The highest BCUT2D eigenvalue weighted by atomic mass is 32.2. The average Bonchev–Trinajstić information content (AvgIpc) is 2.02. The molecule has 14 heavy (non-hydrogen) atoms. The van der Waals surface area contributed by atoms with E-state index in [2.05, 4.69) is 0 Å². The first kappa shape index (κ1) is 12.7. The highest BCUT2D eigenvalue weighted by molar-refractivity contribution is 7.90. The van der Waals surface area contributed by atoms with Gasteiger partial charge in [0, 0.05) is 0 Å². The summed E-state index contributed by atoms with van der Waals surface area (Å²) < 4.78 is 56.7. The second-order valence-electron chi connectivity index (χ2n) is 2.04. The number of hydrogen-bond donors (Lipinski definition) is 0. The Balaban J connectivity index is 5.06. The van der Waals surface area contributed by atoms with Gasteiger partial charge in [0.15, 0.2) is 0 Å². The molecule has 9 heteroatoms. The van der Waals surface area contributed by atoms with Crippen molar-refractivity contribution < 1.29 is 21.6 Å². The van der Waals surface area contributed by atoms with Crippen LogP contribution in [0.5, 0.6) is 0 Å². The fourth-order valence-corrected chi connectivity index (χ4v) is 1.28. The molecule has 0 aliphatic rings. The maximum atomic E-state index is 11.9. The summed E-state index contributed by atoms with van der Waals surface area (Å²) in [6.45, 7) is -2.01. The zero-order valence-corrected chi connectivity index (χ0v) is 7.43. The molecule has 0 radical (unpaired) electrons. The van der Waals surface area contributed by atoms with Crippen LogP contribution in [-0.4, -0.2) is 31.3 Å². The lowest BCUT2D eigenvalue weighted by atomic mass is 10.6. The van der Waals surface area contributed by atoms with Crippen LogP contribution in [0.2, 0.25) is 0 Å². The Hall–Kier alpha value is -1.32. The van der Waals surface area contributed by atoms with Crippen LogP contribution in [0.4, 0.5) is 13.2 Å². The summed E-state index contributed by atoms with van der Waals surface area (Å²) in [5, 5.41) is 16.1. The van der Waals surface area contributed by atoms with Gasteiger partial charge in [-0.15, -0.1) is 0 Å². The quantitative estimate of drug-likeness (QED) is 0.644. The van der Waals surface area contributed by atoms with Crippen LogP contribution in [0.25, 0.3) is 0 Å². The minimum Gasteiger partial charge on any atom is -0.203 e. The maximum absolute atomic E-state index is 11.9. The molecular formula is C5H4F3N3O2S. The number of nitriles is 2. The van der Waals surface area contributed by atoms with E-state index in [0.29, 0.717) is 0 Å². The van der Waals surface area contributed by atoms with E-state index in [0.717, 1.165) is 0 Å². The van der Waals surface area contributed by atoms with Gasteiger partial charge >= 0.3 is 15.5 Å². The van der Waals surface area contributed by atoms with Gasteiger partial charge in [-0.05, 0) is 0 Å². The SMILES string of the molecule is N#CCN(CC#N)S(=O)(=O)C(F)(F)F. The van der Waals surface area contributed by atoms with Crippen LogP contribution in [0.3, 0.4) is 0 Å². The van der Waals surface area contributed by atoms with Crippen LogP contribution in [0.15, 0.2) is 0 Å². The van der Waals surface area contributed by atoms with Gasteiger partial charge in [0.05, 0.1) is 12.1 Å². The van der Waals surface area contributed by atoms with Gasteiger partial charge < -0.3 is 0 Å². The highest BCUT2D eigenvalue weighted by Gasteiger charge is 2.49. The molecule has 0 heterocycles. The molecule has 0 fully saturated rings. The first-order valence-electron chi connectivity index (χ1n) is 3.07. The molecule has 0 aromatic heterocycles. The molecule has 78 valence electrons. The van der Waals surface area contributed by atoms with Gasteiger partial charge in [-0.3, -0.25) is 0 Å². The van der Waals surface area contributed by atoms with E-state index in [-0.39, 0.29) is 4.31 Å². The van der Waals surface area contributed by atoms with Crippen molar-refractivity contribution in [3.63, 3.8) is 0 Å². The highest BCUT2D eigenvalue weighted by Crippen LogP contribution is 2.26. The lowest BCUT2D eigenvalue weighted by molar-refractivity contribution is -0.0482. The molecule has 0 rings (SSSR count). The normalized spacial score (nSPS) is 12.1. The topological polar surface area (TPSA) is 85.0 Å². The standard InChI is InChI=1S/C5H4F3N3O2S/c6-5(7,8)14(12,13)11(3-1-9)4-2-10/h3-4H2. The smallest absolute Gasteiger partial charge is 0.203 e. The molecule has 5 nitrogen and oxygen atoms in total. The molecule has 0 unspecified atom stereocenters. The van der Waals surface area contributed by atoms with Crippen molar-refractivity contribution in [1.29, 1.82) is 10.5 Å². The van der Waals surface area contributed by atoms with Crippen molar-refractivity contribution in [3.05, 3.63) is 0 Å². The van der Waals surface area contributed by atoms with E-state index in [1.807, 2.05) is 0 Å². The molecule has 0 amide bonds. The van der Waals surface area contributed by atoms with Gasteiger partial charge in [0.2, 0.25) is 0 Å². The first-order valence-corrected chi connectivity index (χ1v) is 4.51. The zero-order chi connectivity index (χ0) is 11.4. The molecule has 0 aliphatic heterocycles. The third-order valence-corrected chi connectivity index (χ3v) is 2.65. The van der Waals surface area contributed by atoms with Crippen molar-refractivity contribution in [2.24, 2.45) is 0 Å². The summed E-state index contributed by atoms with van der Waals surface area (Å²) in [6, 6.07) is 2.45. The Morgan fingerprint density at radius 2 is 1.50 bits per heavy atom. The Morgan fingerprint density at radius 1 is 1.14 bits per heavy atom. The lowest BCUT2D eigenvalue weighted by Gasteiger charge is -2.17. The van der Waals surface area contributed by atoms with Crippen LogP contribution < -0.4 is 0 Å². The largest absolute Gasteiger partial charge is 0.511 e. The second-order valence-corrected chi connectivity index (χ2v) is 3.96. The molecule has 0 saturated carbocycles. The van der Waals surface area contributed by atoms with Gasteiger partial charge in [0.25, 0.3) is 0 Å². The van der Waals surface area contributed by atoms with Gasteiger partial charge in [0.1, 0.15) is 13.1 Å². The summed E-state index contributed by atoms with van der Waals surface area (Å²) in [6.07, 6.45) is 0. The number of sulfonamides is 1. The van der Waals surface area contributed by atoms with Crippen molar-refractivity contribution in [3.8, 4) is 12.1 Å². The predicted molar refractivity (Wildman–Crippen MR) is 37.8 cm³/mol. The fraction of sp³-hybridized carbons (Fsp3) is 0.600. The summed E-state index contributed by atoms with van der Waals surface area (Å²) in [4.78, 5) is 0. The summed E-state index contributed by atoms with van der Waals surface area (Å²) in [5.41, 5.74) is -5.49. The Bertz CT molecular complexity index is 358. The van der Waals surface area contributed by atoms with E-state index in [9.17, 15) is 21.6 Å². The van der Waals surface area contributed by atoms with E-state index in [1.54, 1.807) is 0 Å². The molecule has 0 aliphatic carbocycles. The van der Waals surface area contributed by atoms with Crippen LogP contribution in [0.1, 0.15) is 0 Å². The molecule has 0 bridgehead atoms. The van der Waals surface area contributed by atoms with Gasteiger partial charge in [-0.2, -0.15) is 28.0 Å². The molecule has 0 aromatic rings. The number of nitrogens with zero attached hydrogens (tertiary/aromatic N) is 3. The maximum Gasteiger partial charge on any atom is 0.511 e. The zero-order valence-electron chi connectivity index (χ0n) is 6.61. The van der Waals surface area contributed by atoms with Crippen LogP contribution in [-0.2, 0) is 10.0 Å². The monoisotopic (exact) mass is 227 g/mol. The van der Waals surface area contributed by atoms with Crippen LogP contribution in [0, 0.1) is 22.7 Å². The molecule has 0 N–H and O–H groups in total. The van der Waals surface area contributed by atoms with Crippen molar-refractivity contribution in [2.45, 2.75) is 5.51 Å².